The Hall–Kier alpha value is -2.41. The van der Waals surface area contributed by atoms with Crippen LogP contribution in [-0.4, -0.2) is 46.2 Å². The van der Waals surface area contributed by atoms with Crippen LogP contribution in [0.5, 0.6) is 0 Å². The predicted molar refractivity (Wildman–Crippen MR) is 85.5 cm³/mol. The van der Waals surface area contributed by atoms with Gasteiger partial charge in [0.1, 0.15) is 6.54 Å². The SMILES string of the molecule is CCn1c(=O)c2ccccc2n(CC(=O)N2CCOCC2)c1=O. The second kappa shape index (κ2) is 6.37. The molecule has 0 radical (unpaired) electrons. The summed E-state index contributed by atoms with van der Waals surface area (Å²) < 4.78 is 7.79. The van der Waals surface area contributed by atoms with Crippen LogP contribution in [0.2, 0.25) is 0 Å². The van der Waals surface area contributed by atoms with Crippen molar-refractivity contribution < 1.29 is 9.53 Å². The van der Waals surface area contributed by atoms with Crippen molar-refractivity contribution in [3.63, 3.8) is 0 Å². The van der Waals surface area contributed by atoms with Gasteiger partial charge in [0.25, 0.3) is 5.56 Å². The first-order valence-electron chi connectivity index (χ1n) is 7.71. The Bertz CT molecular complexity index is 847. The van der Waals surface area contributed by atoms with Gasteiger partial charge in [-0.3, -0.25) is 18.7 Å². The first kappa shape index (κ1) is 15.5. The molecule has 1 aromatic heterocycles. The Morgan fingerprint density at radius 2 is 1.83 bits per heavy atom. The van der Waals surface area contributed by atoms with E-state index < -0.39 is 5.69 Å². The largest absolute Gasteiger partial charge is 0.378 e. The number of benzene rings is 1. The molecule has 0 saturated carbocycles. The summed E-state index contributed by atoms with van der Waals surface area (Å²) >= 11 is 0. The van der Waals surface area contributed by atoms with Crippen molar-refractivity contribution in [3.05, 3.63) is 45.1 Å². The van der Waals surface area contributed by atoms with Crippen LogP contribution in [-0.2, 0) is 22.6 Å². The van der Waals surface area contributed by atoms with E-state index >= 15 is 0 Å². The number of morpholine rings is 1. The smallest absolute Gasteiger partial charge is 0.331 e. The maximum atomic E-state index is 12.6. The van der Waals surface area contributed by atoms with Crippen molar-refractivity contribution in [1.29, 1.82) is 0 Å². The Morgan fingerprint density at radius 1 is 1.13 bits per heavy atom. The second-order valence-electron chi connectivity index (χ2n) is 5.43. The standard InChI is InChI=1S/C16H19N3O4/c1-2-18-15(21)12-5-3-4-6-13(12)19(16(18)22)11-14(20)17-7-9-23-10-8-17/h3-6H,2,7-11H2,1H3. The fourth-order valence-electron chi connectivity index (χ4n) is 2.85. The highest BCUT2D eigenvalue weighted by molar-refractivity contribution is 5.81. The molecule has 1 fully saturated rings. The minimum Gasteiger partial charge on any atom is -0.378 e. The number of aromatic nitrogens is 2. The number of carbonyl (C=O) groups is 1. The topological polar surface area (TPSA) is 73.5 Å². The van der Waals surface area contributed by atoms with Gasteiger partial charge in [-0.1, -0.05) is 12.1 Å². The molecule has 0 bridgehead atoms. The lowest BCUT2D eigenvalue weighted by molar-refractivity contribution is -0.135. The molecule has 1 aliphatic rings. The lowest BCUT2D eigenvalue weighted by Crippen LogP contribution is -2.46. The number of nitrogens with zero attached hydrogens (tertiary/aromatic N) is 3. The molecule has 23 heavy (non-hydrogen) atoms. The maximum absolute atomic E-state index is 12.6. The van der Waals surface area contributed by atoms with E-state index in [0.29, 0.717) is 37.2 Å². The minimum absolute atomic E-state index is 0.0698. The molecule has 0 unspecified atom stereocenters. The molecule has 0 N–H and O–H groups in total. The summed E-state index contributed by atoms with van der Waals surface area (Å²) in [5, 5.41) is 0.448. The van der Waals surface area contributed by atoms with Crippen LogP contribution >= 0.6 is 0 Å². The molecule has 1 amide bonds. The number of amides is 1. The Kier molecular flexibility index (Phi) is 4.29. The fraction of sp³-hybridized carbons (Fsp3) is 0.438. The molecular formula is C16H19N3O4. The molecule has 7 heteroatoms. The van der Waals surface area contributed by atoms with Gasteiger partial charge in [-0.2, -0.15) is 0 Å². The zero-order valence-electron chi connectivity index (χ0n) is 13.0. The van der Waals surface area contributed by atoms with E-state index in [1.807, 2.05) is 0 Å². The van der Waals surface area contributed by atoms with E-state index in [2.05, 4.69) is 0 Å². The predicted octanol–water partition coefficient (Wildman–Crippen LogP) is 0.0419. The van der Waals surface area contributed by atoms with Crippen LogP contribution < -0.4 is 11.2 Å². The van der Waals surface area contributed by atoms with Gasteiger partial charge in [0.05, 0.1) is 24.1 Å². The molecule has 0 spiro atoms. The average molecular weight is 317 g/mol. The highest BCUT2D eigenvalue weighted by Crippen LogP contribution is 2.08. The van der Waals surface area contributed by atoms with Gasteiger partial charge in [0, 0.05) is 19.6 Å². The number of hydrogen-bond donors (Lipinski definition) is 0. The number of rotatable bonds is 3. The van der Waals surface area contributed by atoms with Gasteiger partial charge >= 0.3 is 5.69 Å². The van der Waals surface area contributed by atoms with Crippen molar-refractivity contribution in [2.75, 3.05) is 26.3 Å². The third-order valence-corrected chi connectivity index (χ3v) is 4.11. The Balaban J connectivity index is 2.07. The van der Waals surface area contributed by atoms with Gasteiger partial charge < -0.3 is 9.64 Å². The summed E-state index contributed by atoms with van der Waals surface area (Å²) in [6.45, 7) is 4.02. The molecule has 122 valence electrons. The number of ether oxygens (including phenoxy) is 1. The van der Waals surface area contributed by atoms with Crippen molar-refractivity contribution in [2.24, 2.45) is 0 Å². The van der Waals surface area contributed by atoms with E-state index in [4.69, 9.17) is 4.74 Å². The first-order valence-corrected chi connectivity index (χ1v) is 7.71. The monoisotopic (exact) mass is 317 g/mol. The van der Waals surface area contributed by atoms with Crippen LogP contribution in [0.25, 0.3) is 10.9 Å². The number of para-hydroxylation sites is 1. The van der Waals surface area contributed by atoms with E-state index in [-0.39, 0.29) is 24.6 Å². The van der Waals surface area contributed by atoms with Crippen LogP contribution in [0.15, 0.2) is 33.9 Å². The number of carbonyl (C=O) groups excluding carboxylic acids is 1. The summed E-state index contributed by atoms with van der Waals surface area (Å²) in [4.78, 5) is 39.1. The quantitative estimate of drug-likeness (QED) is 0.801. The Labute approximate surface area is 132 Å². The van der Waals surface area contributed by atoms with Crippen LogP contribution in [0.3, 0.4) is 0 Å². The third-order valence-electron chi connectivity index (χ3n) is 4.11. The highest BCUT2D eigenvalue weighted by atomic mass is 16.5. The van der Waals surface area contributed by atoms with Gasteiger partial charge in [-0.05, 0) is 19.1 Å². The zero-order chi connectivity index (χ0) is 16.4. The molecule has 0 atom stereocenters. The maximum Gasteiger partial charge on any atom is 0.331 e. The molecule has 1 aromatic carbocycles. The molecule has 2 heterocycles. The summed E-state index contributed by atoms with van der Waals surface area (Å²) in [5.74, 6) is -0.137. The summed E-state index contributed by atoms with van der Waals surface area (Å²) in [6, 6.07) is 6.89. The van der Waals surface area contributed by atoms with Crippen molar-refractivity contribution in [2.45, 2.75) is 20.0 Å². The van der Waals surface area contributed by atoms with E-state index in [9.17, 15) is 14.4 Å². The van der Waals surface area contributed by atoms with Crippen molar-refractivity contribution in [1.82, 2.24) is 14.0 Å². The van der Waals surface area contributed by atoms with Gasteiger partial charge in [-0.25, -0.2) is 4.79 Å². The molecule has 1 aliphatic heterocycles. The van der Waals surface area contributed by atoms with E-state index in [0.717, 1.165) is 4.57 Å². The molecule has 7 nitrogen and oxygen atoms in total. The molecule has 2 aromatic rings. The van der Waals surface area contributed by atoms with Crippen LogP contribution in [0.4, 0.5) is 0 Å². The number of fused-ring (bicyclic) bond motifs is 1. The van der Waals surface area contributed by atoms with Crippen molar-refractivity contribution >= 4 is 16.8 Å². The van der Waals surface area contributed by atoms with Crippen molar-refractivity contribution in [3.8, 4) is 0 Å². The Morgan fingerprint density at radius 3 is 2.52 bits per heavy atom. The molecule has 0 aliphatic carbocycles. The molecule has 3 rings (SSSR count). The zero-order valence-corrected chi connectivity index (χ0v) is 13.0. The third kappa shape index (κ3) is 2.79. The van der Waals surface area contributed by atoms with Gasteiger partial charge in [0.15, 0.2) is 0 Å². The molecule has 1 saturated heterocycles. The van der Waals surface area contributed by atoms with Gasteiger partial charge in [-0.15, -0.1) is 0 Å². The first-order chi connectivity index (χ1) is 11.1. The van der Waals surface area contributed by atoms with Gasteiger partial charge in [0.2, 0.25) is 5.91 Å². The highest BCUT2D eigenvalue weighted by Gasteiger charge is 2.20. The van der Waals surface area contributed by atoms with Crippen LogP contribution in [0, 0.1) is 0 Å². The summed E-state index contributed by atoms with van der Waals surface area (Å²) in [7, 11) is 0. The lowest BCUT2D eigenvalue weighted by atomic mass is 10.2. The van der Waals surface area contributed by atoms with E-state index in [1.54, 1.807) is 36.1 Å². The minimum atomic E-state index is -0.446. The number of hydrogen-bond acceptors (Lipinski definition) is 4. The average Bonchev–Trinajstić information content (AvgIpc) is 2.59. The molecular weight excluding hydrogens is 298 g/mol. The second-order valence-corrected chi connectivity index (χ2v) is 5.43. The lowest BCUT2D eigenvalue weighted by Gasteiger charge is -2.27. The summed E-state index contributed by atoms with van der Waals surface area (Å²) in [5.41, 5.74) is -0.269. The normalized spacial score (nSPS) is 15.1. The fourth-order valence-corrected chi connectivity index (χ4v) is 2.85. The van der Waals surface area contributed by atoms with Crippen LogP contribution in [0.1, 0.15) is 6.92 Å². The summed E-state index contributed by atoms with van der Waals surface area (Å²) in [6.07, 6.45) is 0. The van der Waals surface area contributed by atoms with E-state index in [1.165, 1.54) is 4.57 Å².